The van der Waals surface area contributed by atoms with Crippen LogP contribution >= 0.6 is 0 Å². The molecule has 0 spiro atoms. The van der Waals surface area contributed by atoms with Crippen LogP contribution in [0.2, 0.25) is 0 Å². The van der Waals surface area contributed by atoms with Crippen LogP contribution in [0.3, 0.4) is 0 Å². The highest BCUT2D eigenvalue weighted by atomic mass is 19.2. The van der Waals surface area contributed by atoms with Gasteiger partial charge in [-0.2, -0.15) is 0 Å². The maximum atomic E-state index is 13.5. The molecule has 10 heteroatoms. The van der Waals surface area contributed by atoms with Gasteiger partial charge < -0.3 is 20.3 Å². The number of carbonyl (C=O) groups is 1. The van der Waals surface area contributed by atoms with E-state index in [-0.39, 0.29) is 19.0 Å². The molecule has 0 atom stereocenters. The third kappa shape index (κ3) is 6.30. The third-order valence-electron chi connectivity index (χ3n) is 6.26. The minimum atomic E-state index is -0.908. The van der Waals surface area contributed by atoms with Gasteiger partial charge in [0.2, 0.25) is 0 Å². The van der Waals surface area contributed by atoms with E-state index in [0.29, 0.717) is 23.7 Å². The lowest BCUT2D eigenvalue weighted by atomic mass is 10.1. The molecule has 0 bridgehead atoms. The largest absolute Gasteiger partial charge is 0.381 e. The molecule has 2 aliphatic rings. The molecule has 2 N–H and O–H groups in total. The lowest BCUT2D eigenvalue weighted by molar-refractivity contribution is -0.117. The molecular formula is C28H26F2N6O2. The zero-order valence-corrected chi connectivity index (χ0v) is 20.6. The summed E-state index contributed by atoms with van der Waals surface area (Å²) in [5.41, 5.74) is 2.64. The van der Waals surface area contributed by atoms with E-state index in [2.05, 4.69) is 37.4 Å². The monoisotopic (exact) mass is 516 g/mol. The number of anilines is 1. The summed E-state index contributed by atoms with van der Waals surface area (Å²) in [7, 11) is 0. The highest BCUT2D eigenvalue weighted by Crippen LogP contribution is 2.23. The Bertz CT molecular complexity index is 1460. The fourth-order valence-electron chi connectivity index (χ4n) is 4.29. The van der Waals surface area contributed by atoms with Crippen molar-refractivity contribution in [2.75, 3.05) is 31.6 Å². The number of rotatable bonds is 6. The molecule has 0 radical (unpaired) electrons. The predicted molar refractivity (Wildman–Crippen MR) is 140 cm³/mol. The van der Waals surface area contributed by atoms with Gasteiger partial charge in [0.1, 0.15) is 12.1 Å². The smallest absolute Gasteiger partial charge is 0.251 e. The molecule has 0 saturated carbocycles. The van der Waals surface area contributed by atoms with Gasteiger partial charge in [0, 0.05) is 42.9 Å². The van der Waals surface area contributed by atoms with Gasteiger partial charge >= 0.3 is 0 Å². The van der Waals surface area contributed by atoms with Crippen molar-refractivity contribution in [2.24, 2.45) is 4.99 Å². The molecule has 3 heterocycles. The van der Waals surface area contributed by atoms with Crippen molar-refractivity contribution in [2.45, 2.75) is 25.4 Å². The number of benzene rings is 2. The molecule has 1 aromatic heterocycles. The summed E-state index contributed by atoms with van der Waals surface area (Å²) in [6.07, 6.45) is 6.45. The molecule has 194 valence electrons. The summed E-state index contributed by atoms with van der Waals surface area (Å²) >= 11 is 0. The molecule has 0 aliphatic carbocycles. The summed E-state index contributed by atoms with van der Waals surface area (Å²) in [5, 5.41) is 7.18. The number of nitrogens with one attached hydrogen (secondary N) is 2. The van der Waals surface area contributed by atoms with Gasteiger partial charge in [0.15, 0.2) is 11.6 Å². The number of aromatic nitrogens is 2. The second-order valence-electron chi connectivity index (χ2n) is 9.04. The van der Waals surface area contributed by atoms with Gasteiger partial charge in [0.05, 0.1) is 30.5 Å². The van der Waals surface area contributed by atoms with Gasteiger partial charge in [-0.05, 0) is 48.7 Å². The Morgan fingerprint density at radius 1 is 1.11 bits per heavy atom. The Hall–Kier alpha value is -4.36. The maximum absolute atomic E-state index is 13.5. The van der Waals surface area contributed by atoms with E-state index in [0.717, 1.165) is 60.5 Å². The molecule has 0 unspecified atom stereocenters. The first-order valence-corrected chi connectivity index (χ1v) is 12.3. The molecule has 3 aromatic rings. The normalized spacial score (nSPS) is 15.5. The van der Waals surface area contributed by atoms with Crippen molar-refractivity contribution in [1.82, 2.24) is 20.2 Å². The van der Waals surface area contributed by atoms with Crippen LogP contribution in [-0.2, 0) is 16.1 Å². The number of ether oxygens (including phenoxy) is 1. The van der Waals surface area contributed by atoms with Gasteiger partial charge in [-0.25, -0.2) is 23.7 Å². The van der Waals surface area contributed by atoms with Crippen molar-refractivity contribution in [1.29, 1.82) is 0 Å². The van der Waals surface area contributed by atoms with Gasteiger partial charge in [-0.1, -0.05) is 17.9 Å². The fourth-order valence-corrected chi connectivity index (χ4v) is 4.29. The SMILES string of the molecule is O=C(NCC#Cc1ccc2ncnc(NC3CCOCC3)c2c1)C1=CN=CN(Cc2ccc(F)c(F)c2)C1. The lowest BCUT2D eigenvalue weighted by Crippen LogP contribution is -2.34. The van der Waals surface area contributed by atoms with Crippen LogP contribution in [0.4, 0.5) is 14.6 Å². The average molecular weight is 517 g/mol. The Labute approximate surface area is 218 Å². The van der Waals surface area contributed by atoms with E-state index in [9.17, 15) is 13.6 Å². The quantitative estimate of drug-likeness (QED) is 0.488. The Morgan fingerprint density at radius 2 is 1.97 bits per heavy atom. The molecule has 2 aliphatic heterocycles. The van der Waals surface area contributed by atoms with E-state index >= 15 is 0 Å². The highest BCUT2D eigenvalue weighted by Gasteiger charge is 2.17. The molecule has 2 aromatic carbocycles. The Morgan fingerprint density at radius 3 is 2.82 bits per heavy atom. The van der Waals surface area contributed by atoms with E-state index in [1.165, 1.54) is 12.3 Å². The van der Waals surface area contributed by atoms with Crippen LogP contribution in [0.5, 0.6) is 0 Å². The van der Waals surface area contributed by atoms with Crippen molar-refractivity contribution in [3.8, 4) is 11.8 Å². The molecular weight excluding hydrogens is 490 g/mol. The number of hydrogen-bond acceptors (Lipinski definition) is 7. The second kappa shape index (κ2) is 11.8. The minimum Gasteiger partial charge on any atom is -0.381 e. The van der Waals surface area contributed by atoms with Crippen molar-refractivity contribution >= 4 is 29.0 Å². The lowest BCUT2D eigenvalue weighted by Gasteiger charge is -2.24. The summed E-state index contributed by atoms with van der Waals surface area (Å²) in [5.74, 6) is 4.75. The van der Waals surface area contributed by atoms with Crippen LogP contribution in [0.25, 0.3) is 10.9 Å². The second-order valence-corrected chi connectivity index (χ2v) is 9.04. The molecule has 1 fully saturated rings. The Kier molecular flexibility index (Phi) is 7.85. The first-order chi connectivity index (χ1) is 18.5. The minimum absolute atomic E-state index is 0.152. The molecule has 1 saturated heterocycles. The van der Waals surface area contributed by atoms with Crippen LogP contribution in [0.15, 0.2) is 59.5 Å². The topological polar surface area (TPSA) is 91.7 Å². The zero-order valence-electron chi connectivity index (χ0n) is 20.6. The summed E-state index contributed by atoms with van der Waals surface area (Å²) in [4.78, 5) is 27.3. The van der Waals surface area contributed by atoms with E-state index < -0.39 is 11.6 Å². The van der Waals surface area contributed by atoms with Crippen LogP contribution < -0.4 is 10.6 Å². The number of nitrogens with zero attached hydrogens (tertiary/aromatic N) is 4. The molecule has 38 heavy (non-hydrogen) atoms. The first kappa shape index (κ1) is 25.3. The van der Waals surface area contributed by atoms with E-state index in [1.807, 2.05) is 18.2 Å². The molecule has 1 amide bonds. The molecule has 8 nitrogen and oxygen atoms in total. The zero-order chi connectivity index (χ0) is 26.3. The standard InChI is InChI=1S/C28H26F2N6O2/c29-24-5-3-20(13-25(24)30)15-36-16-21(14-31-18-36)28(37)32-9-1-2-19-4-6-26-23(12-19)27(34-17-33-26)35-22-7-10-38-11-8-22/h3-6,12-14,17-18,22H,7-11,15-16H2,(H,32,37)(H,33,34,35). The summed E-state index contributed by atoms with van der Waals surface area (Å²) in [6.45, 7) is 2.20. The van der Waals surface area contributed by atoms with Crippen LogP contribution in [0, 0.1) is 23.5 Å². The predicted octanol–water partition coefficient (Wildman–Crippen LogP) is 3.39. The van der Waals surface area contributed by atoms with Gasteiger partial charge in [-0.15, -0.1) is 0 Å². The summed E-state index contributed by atoms with van der Waals surface area (Å²) in [6, 6.07) is 9.76. The van der Waals surface area contributed by atoms with Crippen LogP contribution in [-0.4, -0.2) is 59.5 Å². The maximum Gasteiger partial charge on any atom is 0.251 e. The van der Waals surface area contributed by atoms with E-state index in [1.54, 1.807) is 17.6 Å². The first-order valence-electron chi connectivity index (χ1n) is 12.3. The number of hydrogen-bond donors (Lipinski definition) is 2. The number of halogens is 2. The Balaban J connectivity index is 1.17. The van der Waals surface area contributed by atoms with E-state index in [4.69, 9.17) is 4.74 Å². The van der Waals surface area contributed by atoms with Crippen molar-refractivity contribution < 1.29 is 18.3 Å². The highest BCUT2D eigenvalue weighted by molar-refractivity contribution is 5.95. The summed E-state index contributed by atoms with van der Waals surface area (Å²) < 4.78 is 32.1. The number of carbonyl (C=O) groups excluding carboxylic acids is 1. The fraction of sp³-hybridized carbons (Fsp3) is 0.286. The molecule has 5 rings (SSSR count). The van der Waals surface area contributed by atoms with Gasteiger partial charge in [-0.3, -0.25) is 4.79 Å². The number of fused-ring (bicyclic) bond motifs is 1. The number of aliphatic imine (C=N–C) groups is 1. The van der Waals surface area contributed by atoms with Crippen LogP contribution in [0.1, 0.15) is 24.0 Å². The van der Waals surface area contributed by atoms with Crippen molar-refractivity contribution in [3.63, 3.8) is 0 Å². The average Bonchev–Trinajstić information content (AvgIpc) is 2.94. The number of amides is 1. The van der Waals surface area contributed by atoms with Crippen molar-refractivity contribution in [3.05, 3.63) is 77.3 Å². The van der Waals surface area contributed by atoms with Gasteiger partial charge in [0.25, 0.3) is 5.91 Å². The third-order valence-corrected chi connectivity index (χ3v) is 6.26.